The van der Waals surface area contributed by atoms with Crippen LogP contribution >= 0.6 is 0 Å². The molecule has 0 bridgehead atoms. The fourth-order valence-electron chi connectivity index (χ4n) is 3.13. The Morgan fingerprint density at radius 1 is 0.846 bits per heavy atom. The Morgan fingerprint density at radius 2 is 1.54 bits per heavy atom. The number of nitrogens with one attached hydrogen (secondary N) is 1. The molecule has 4 rings (SSSR count). The van der Waals surface area contributed by atoms with Crippen molar-refractivity contribution in [3.8, 4) is 0 Å². The fraction of sp³-hybridized carbons (Fsp3) is 0.0909. The van der Waals surface area contributed by atoms with E-state index in [0.717, 1.165) is 11.1 Å². The predicted molar refractivity (Wildman–Crippen MR) is 98.7 cm³/mol. The monoisotopic (exact) mass is 343 g/mol. The van der Waals surface area contributed by atoms with Crippen molar-refractivity contribution in [1.29, 1.82) is 0 Å². The topological polar surface area (TPSA) is 59.3 Å². The van der Waals surface area contributed by atoms with Crippen LogP contribution in [0.4, 0.5) is 0 Å². The van der Waals surface area contributed by atoms with Crippen molar-refractivity contribution in [3.05, 3.63) is 101 Å². The van der Waals surface area contributed by atoms with Crippen molar-refractivity contribution in [2.45, 2.75) is 13.5 Å². The summed E-state index contributed by atoms with van der Waals surface area (Å²) in [6, 6.07) is 18.2. The zero-order valence-corrected chi connectivity index (χ0v) is 14.3. The molecule has 4 heteroatoms. The van der Waals surface area contributed by atoms with E-state index in [2.05, 4.69) is 5.32 Å². The van der Waals surface area contributed by atoms with Gasteiger partial charge in [-0.3, -0.25) is 9.59 Å². The molecule has 2 aromatic carbocycles. The van der Waals surface area contributed by atoms with Crippen LogP contribution in [0.1, 0.15) is 37.6 Å². The molecule has 1 heterocycles. The Bertz CT molecular complexity index is 1010. The van der Waals surface area contributed by atoms with Gasteiger partial charge in [0.2, 0.25) is 5.78 Å². The number of ketones is 2. The molecule has 26 heavy (non-hydrogen) atoms. The third-order valence-corrected chi connectivity index (χ3v) is 4.48. The lowest BCUT2D eigenvalue weighted by molar-refractivity contribution is 0.0985. The van der Waals surface area contributed by atoms with Crippen LogP contribution in [0.25, 0.3) is 5.57 Å². The Labute approximate surface area is 151 Å². The number of furan rings is 1. The lowest BCUT2D eigenvalue weighted by Crippen LogP contribution is -2.29. The summed E-state index contributed by atoms with van der Waals surface area (Å²) in [7, 11) is 0. The quantitative estimate of drug-likeness (QED) is 0.772. The number of fused-ring (bicyclic) bond motifs is 1. The Morgan fingerprint density at radius 3 is 2.19 bits per heavy atom. The standard InChI is InChI=1S/C22H17NO3/c1-14-8-10-15(11-9-14)19-20(23-13-16-5-4-12-26-16)22(25)18-7-3-2-6-17(18)21(19)24/h2-12,23H,13H2,1H3. The third kappa shape index (κ3) is 2.75. The normalized spacial score (nSPS) is 13.7. The zero-order chi connectivity index (χ0) is 18.1. The van der Waals surface area contributed by atoms with Crippen molar-refractivity contribution >= 4 is 17.1 Å². The van der Waals surface area contributed by atoms with Gasteiger partial charge in [0.1, 0.15) is 5.76 Å². The van der Waals surface area contributed by atoms with Crippen LogP contribution < -0.4 is 5.32 Å². The van der Waals surface area contributed by atoms with Gasteiger partial charge in [-0.2, -0.15) is 0 Å². The second-order valence-corrected chi connectivity index (χ2v) is 6.25. The maximum absolute atomic E-state index is 13.1. The molecule has 0 spiro atoms. The molecule has 0 unspecified atom stereocenters. The molecule has 0 saturated carbocycles. The summed E-state index contributed by atoms with van der Waals surface area (Å²) in [5, 5.41) is 3.12. The number of aryl methyl sites for hydroxylation is 1. The number of benzene rings is 2. The molecular weight excluding hydrogens is 326 g/mol. The summed E-state index contributed by atoms with van der Waals surface area (Å²) in [5.41, 5.74) is 3.40. The van der Waals surface area contributed by atoms with Crippen molar-refractivity contribution < 1.29 is 14.0 Å². The van der Waals surface area contributed by atoms with E-state index in [1.54, 1.807) is 36.6 Å². The number of rotatable bonds is 4. The first-order valence-electron chi connectivity index (χ1n) is 8.41. The van der Waals surface area contributed by atoms with Crippen LogP contribution in [-0.4, -0.2) is 11.6 Å². The van der Waals surface area contributed by atoms with E-state index in [4.69, 9.17) is 4.42 Å². The zero-order valence-electron chi connectivity index (χ0n) is 14.3. The number of Topliss-reactive ketones (excluding diaryl/α,β-unsaturated/α-hetero) is 2. The molecule has 0 radical (unpaired) electrons. The van der Waals surface area contributed by atoms with Gasteiger partial charge in [0.15, 0.2) is 5.78 Å². The highest BCUT2D eigenvalue weighted by Gasteiger charge is 2.32. The average Bonchev–Trinajstić information content (AvgIpc) is 3.18. The first-order valence-corrected chi connectivity index (χ1v) is 8.41. The molecule has 1 aliphatic carbocycles. The van der Waals surface area contributed by atoms with Crippen molar-refractivity contribution in [3.63, 3.8) is 0 Å². The molecule has 0 saturated heterocycles. The minimum Gasteiger partial charge on any atom is -0.467 e. The maximum atomic E-state index is 13.1. The minimum absolute atomic E-state index is 0.147. The van der Waals surface area contributed by atoms with Gasteiger partial charge in [0.25, 0.3) is 0 Å². The average molecular weight is 343 g/mol. The molecule has 0 atom stereocenters. The van der Waals surface area contributed by atoms with E-state index in [0.29, 0.717) is 34.7 Å². The van der Waals surface area contributed by atoms with E-state index in [-0.39, 0.29) is 11.6 Å². The molecule has 0 fully saturated rings. The van der Waals surface area contributed by atoms with Gasteiger partial charge in [-0.15, -0.1) is 0 Å². The predicted octanol–water partition coefficient (Wildman–Crippen LogP) is 4.17. The van der Waals surface area contributed by atoms with Crippen LogP contribution in [0.5, 0.6) is 0 Å². The molecule has 1 aromatic heterocycles. The second kappa shape index (κ2) is 6.48. The van der Waals surface area contributed by atoms with Gasteiger partial charge in [0, 0.05) is 11.1 Å². The van der Waals surface area contributed by atoms with Crippen molar-refractivity contribution in [2.24, 2.45) is 0 Å². The van der Waals surface area contributed by atoms with Gasteiger partial charge >= 0.3 is 0 Å². The van der Waals surface area contributed by atoms with Crippen LogP contribution in [0.15, 0.2) is 77.0 Å². The maximum Gasteiger partial charge on any atom is 0.210 e. The molecule has 4 nitrogen and oxygen atoms in total. The molecule has 128 valence electrons. The lowest BCUT2D eigenvalue weighted by atomic mass is 9.84. The van der Waals surface area contributed by atoms with Crippen LogP contribution in [0.2, 0.25) is 0 Å². The van der Waals surface area contributed by atoms with E-state index < -0.39 is 0 Å². The molecule has 0 aliphatic heterocycles. The number of carbonyl (C=O) groups excluding carboxylic acids is 2. The SMILES string of the molecule is Cc1ccc(C2=C(NCc3ccco3)C(=O)c3ccccc3C2=O)cc1. The highest BCUT2D eigenvalue weighted by Crippen LogP contribution is 2.31. The summed E-state index contributed by atoms with van der Waals surface area (Å²) in [6.07, 6.45) is 1.58. The number of allylic oxidation sites excluding steroid dienone is 2. The van der Waals surface area contributed by atoms with Gasteiger partial charge < -0.3 is 9.73 Å². The first kappa shape index (κ1) is 16.1. The number of hydrogen-bond donors (Lipinski definition) is 1. The second-order valence-electron chi connectivity index (χ2n) is 6.25. The minimum atomic E-state index is -0.178. The fourth-order valence-corrected chi connectivity index (χ4v) is 3.13. The van der Waals surface area contributed by atoms with Crippen LogP contribution in [-0.2, 0) is 6.54 Å². The van der Waals surface area contributed by atoms with Gasteiger partial charge in [-0.05, 0) is 24.6 Å². The Balaban J connectivity index is 1.83. The lowest BCUT2D eigenvalue weighted by Gasteiger charge is -2.22. The summed E-state index contributed by atoms with van der Waals surface area (Å²) in [6.45, 7) is 2.32. The number of hydrogen-bond acceptors (Lipinski definition) is 4. The molecule has 1 aliphatic rings. The summed E-state index contributed by atoms with van der Waals surface area (Å²) < 4.78 is 5.33. The van der Waals surface area contributed by atoms with E-state index in [9.17, 15) is 9.59 Å². The van der Waals surface area contributed by atoms with Gasteiger partial charge in [-0.1, -0.05) is 54.1 Å². The molecule has 3 aromatic rings. The van der Waals surface area contributed by atoms with Gasteiger partial charge in [0.05, 0.1) is 24.1 Å². The molecule has 0 amide bonds. The van der Waals surface area contributed by atoms with Crippen molar-refractivity contribution in [1.82, 2.24) is 5.32 Å². The first-order chi connectivity index (χ1) is 12.6. The third-order valence-electron chi connectivity index (χ3n) is 4.48. The summed E-state index contributed by atoms with van der Waals surface area (Å²) >= 11 is 0. The molecular formula is C22H17NO3. The molecule has 1 N–H and O–H groups in total. The van der Waals surface area contributed by atoms with Gasteiger partial charge in [-0.25, -0.2) is 0 Å². The summed E-state index contributed by atoms with van der Waals surface area (Å²) in [4.78, 5) is 26.2. The largest absolute Gasteiger partial charge is 0.467 e. The van der Waals surface area contributed by atoms with Crippen molar-refractivity contribution in [2.75, 3.05) is 0 Å². The highest BCUT2D eigenvalue weighted by molar-refractivity contribution is 6.40. The highest BCUT2D eigenvalue weighted by atomic mass is 16.3. The van der Waals surface area contributed by atoms with E-state index >= 15 is 0 Å². The van der Waals surface area contributed by atoms with E-state index in [1.807, 2.05) is 37.3 Å². The Hall–Kier alpha value is -3.40. The number of carbonyl (C=O) groups is 2. The Kier molecular flexibility index (Phi) is 4.01. The smallest absolute Gasteiger partial charge is 0.210 e. The van der Waals surface area contributed by atoms with E-state index in [1.165, 1.54) is 0 Å². The van der Waals surface area contributed by atoms with Crippen LogP contribution in [0, 0.1) is 6.92 Å². The summed E-state index contributed by atoms with van der Waals surface area (Å²) in [5.74, 6) is 0.369. The van der Waals surface area contributed by atoms with Crippen LogP contribution in [0.3, 0.4) is 0 Å².